The van der Waals surface area contributed by atoms with Crippen molar-refractivity contribution in [2.75, 3.05) is 23.1 Å². The van der Waals surface area contributed by atoms with Gasteiger partial charge in [0.2, 0.25) is 11.8 Å². The van der Waals surface area contributed by atoms with E-state index in [0.29, 0.717) is 34.5 Å². The van der Waals surface area contributed by atoms with Crippen LogP contribution >= 0.6 is 24.0 Å². The van der Waals surface area contributed by atoms with Gasteiger partial charge in [-0.1, -0.05) is 23.7 Å². The van der Waals surface area contributed by atoms with Crippen molar-refractivity contribution in [1.82, 2.24) is 20.3 Å². The molecule has 0 spiro atoms. The number of aryl methyl sites for hydroxylation is 2. The summed E-state index contributed by atoms with van der Waals surface area (Å²) in [5, 5.41) is 6.94. The van der Waals surface area contributed by atoms with Crippen molar-refractivity contribution in [2.45, 2.75) is 37.6 Å². The van der Waals surface area contributed by atoms with E-state index in [4.69, 9.17) is 21.3 Å². The maximum atomic E-state index is 12.9. The van der Waals surface area contributed by atoms with E-state index >= 15 is 0 Å². The fourth-order valence-electron chi connectivity index (χ4n) is 4.54. The minimum Gasteiger partial charge on any atom is -0.438 e. The summed E-state index contributed by atoms with van der Waals surface area (Å²) in [7, 11) is -3.87. The number of ether oxygens (including phenoxy) is 1. The van der Waals surface area contributed by atoms with E-state index < -0.39 is 10.0 Å². The molecule has 1 aliphatic rings. The fraction of sp³-hybridized carbons (Fsp3) is 0.250. The van der Waals surface area contributed by atoms with Gasteiger partial charge in [-0.25, -0.2) is 23.4 Å². The van der Waals surface area contributed by atoms with Crippen LogP contribution in [-0.4, -0.2) is 42.5 Å². The van der Waals surface area contributed by atoms with Crippen molar-refractivity contribution in [3.8, 4) is 22.9 Å². The van der Waals surface area contributed by atoms with Crippen LogP contribution in [0, 0.1) is 13.8 Å². The van der Waals surface area contributed by atoms with Crippen LogP contribution in [0.15, 0.2) is 71.9 Å². The predicted octanol–water partition coefficient (Wildman–Crippen LogP) is 5.99. The van der Waals surface area contributed by atoms with Gasteiger partial charge < -0.3 is 15.4 Å². The van der Waals surface area contributed by atoms with Gasteiger partial charge in [-0.2, -0.15) is 0 Å². The van der Waals surface area contributed by atoms with E-state index in [0.717, 1.165) is 37.1 Å². The highest BCUT2D eigenvalue weighted by molar-refractivity contribution is 7.92. The van der Waals surface area contributed by atoms with Gasteiger partial charge in [0.25, 0.3) is 10.0 Å². The van der Waals surface area contributed by atoms with Gasteiger partial charge in [-0.3, -0.25) is 4.72 Å². The van der Waals surface area contributed by atoms with Gasteiger partial charge in [0, 0.05) is 30.7 Å². The molecule has 40 heavy (non-hydrogen) atoms. The van der Waals surface area contributed by atoms with Crippen LogP contribution in [0.25, 0.3) is 11.3 Å². The Balaban J connectivity index is 0.00000370. The highest BCUT2D eigenvalue weighted by atomic mass is 35.5. The average Bonchev–Trinajstić information content (AvgIpc) is 2.92. The van der Waals surface area contributed by atoms with Gasteiger partial charge in [0.1, 0.15) is 10.6 Å². The molecule has 4 aromatic rings. The number of hydrogen-bond donors (Lipinski definition) is 3. The second-order valence-corrected chi connectivity index (χ2v) is 11.4. The molecule has 0 amide bonds. The molecule has 1 atom stereocenters. The zero-order valence-electron chi connectivity index (χ0n) is 22.0. The Morgan fingerprint density at radius 3 is 2.52 bits per heavy atom. The van der Waals surface area contributed by atoms with Crippen molar-refractivity contribution in [1.29, 1.82) is 0 Å². The molecule has 2 aromatic heterocycles. The van der Waals surface area contributed by atoms with Crippen LogP contribution in [0.5, 0.6) is 11.6 Å². The Morgan fingerprint density at radius 2 is 1.80 bits per heavy atom. The summed E-state index contributed by atoms with van der Waals surface area (Å²) >= 11 is 6.11. The van der Waals surface area contributed by atoms with Crippen molar-refractivity contribution in [3.63, 3.8) is 0 Å². The first-order valence-electron chi connectivity index (χ1n) is 12.6. The first kappa shape index (κ1) is 29.5. The second-order valence-electron chi connectivity index (χ2n) is 9.39. The second kappa shape index (κ2) is 12.8. The van der Waals surface area contributed by atoms with Crippen LogP contribution in [0.3, 0.4) is 0 Å². The summed E-state index contributed by atoms with van der Waals surface area (Å²) < 4.78 is 34.8. The molecule has 1 aliphatic heterocycles. The molecule has 5 rings (SSSR count). The number of hydrogen-bond acceptors (Lipinski definition) is 8. The summed E-state index contributed by atoms with van der Waals surface area (Å²) in [6.45, 7) is 5.60. The van der Waals surface area contributed by atoms with Crippen molar-refractivity contribution in [2.24, 2.45) is 0 Å². The highest BCUT2D eigenvalue weighted by Gasteiger charge is 2.20. The largest absolute Gasteiger partial charge is 0.438 e. The van der Waals surface area contributed by atoms with Crippen LogP contribution in [0.4, 0.5) is 11.6 Å². The molecular formula is C28H30Cl2N6O3S. The lowest BCUT2D eigenvalue weighted by molar-refractivity contribution is 0.458. The summed E-state index contributed by atoms with van der Waals surface area (Å²) in [4.78, 5) is 13.6. The quantitative estimate of drug-likeness (QED) is 0.226. The van der Waals surface area contributed by atoms with Crippen molar-refractivity contribution >= 4 is 45.7 Å². The van der Waals surface area contributed by atoms with E-state index in [1.807, 2.05) is 32.0 Å². The van der Waals surface area contributed by atoms with Gasteiger partial charge in [0.05, 0.1) is 16.3 Å². The third kappa shape index (κ3) is 6.82. The number of piperidine rings is 1. The van der Waals surface area contributed by atoms with E-state index in [-0.39, 0.29) is 28.4 Å². The summed E-state index contributed by atoms with van der Waals surface area (Å²) in [6, 6.07) is 15.6. The van der Waals surface area contributed by atoms with Crippen LogP contribution in [0.1, 0.15) is 24.0 Å². The lowest BCUT2D eigenvalue weighted by Crippen LogP contribution is -2.38. The molecule has 1 fully saturated rings. The molecule has 0 aliphatic carbocycles. The Hall–Kier alpha value is -3.44. The zero-order valence-corrected chi connectivity index (χ0v) is 24.4. The molecule has 9 nitrogen and oxygen atoms in total. The number of aromatic nitrogens is 3. The SMILES string of the molecule is Cc1cc(NS(=O)(=O)c2ccccc2Cl)cc(C)c1Oc1ncccc1-c1ccnc(N[C@H]2CCCNC2)n1.Cl. The first-order valence-corrected chi connectivity index (χ1v) is 14.5. The first-order chi connectivity index (χ1) is 18.8. The Kier molecular flexibility index (Phi) is 9.47. The maximum Gasteiger partial charge on any atom is 0.263 e. The smallest absolute Gasteiger partial charge is 0.263 e. The molecule has 12 heteroatoms. The summed E-state index contributed by atoms with van der Waals surface area (Å²) in [5.41, 5.74) is 3.27. The molecule has 1 saturated heterocycles. The van der Waals surface area contributed by atoms with Gasteiger partial charge >= 0.3 is 0 Å². The van der Waals surface area contributed by atoms with E-state index in [1.165, 1.54) is 12.1 Å². The average molecular weight is 602 g/mol. The standard InChI is InChI=1S/C28H29ClN6O3S.ClH/c1-18-15-21(35-39(36,37)25-10-4-3-9-23(25)29)16-19(2)26(18)38-27-22(8-6-13-31-27)24-11-14-32-28(34-24)33-20-7-5-12-30-17-20;/h3-4,6,8-11,13-16,20,30,35H,5,7,12,17H2,1-2H3,(H,32,33,34);1H/t20-;/m0./s1. The molecular weight excluding hydrogens is 571 g/mol. The number of nitrogens with one attached hydrogen (secondary N) is 3. The van der Waals surface area contributed by atoms with Gasteiger partial charge in [-0.15, -0.1) is 12.4 Å². The molecule has 2 aromatic carbocycles. The summed E-state index contributed by atoms with van der Waals surface area (Å²) in [6.07, 6.45) is 5.54. The van der Waals surface area contributed by atoms with Crippen LogP contribution in [-0.2, 0) is 10.0 Å². The third-order valence-electron chi connectivity index (χ3n) is 6.37. The molecule has 3 heterocycles. The minimum atomic E-state index is -3.87. The normalized spacial score (nSPS) is 15.1. The Morgan fingerprint density at radius 1 is 1.02 bits per heavy atom. The zero-order chi connectivity index (χ0) is 27.4. The number of halogens is 2. The van der Waals surface area contributed by atoms with E-state index in [2.05, 4.69) is 25.3 Å². The number of pyridine rings is 1. The van der Waals surface area contributed by atoms with E-state index in [1.54, 1.807) is 36.7 Å². The Bertz CT molecular complexity index is 1570. The van der Waals surface area contributed by atoms with Gasteiger partial charge in [0.15, 0.2) is 0 Å². The molecule has 210 valence electrons. The lowest BCUT2D eigenvalue weighted by atomic mass is 10.1. The summed E-state index contributed by atoms with van der Waals surface area (Å²) in [5.74, 6) is 1.52. The number of sulfonamides is 1. The molecule has 0 saturated carbocycles. The van der Waals surface area contributed by atoms with Crippen molar-refractivity contribution < 1.29 is 13.2 Å². The number of nitrogens with zero attached hydrogens (tertiary/aromatic N) is 3. The maximum absolute atomic E-state index is 12.9. The van der Waals surface area contributed by atoms with Crippen LogP contribution in [0.2, 0.25) is 5.02 Å². The van der Waals surface area contributed by atoms with Crippen molar-refractivity contribution in [3.05, 3.63) is 83.1 Å². The third-order valence-corrected chi connectivity index (χ3v) is 8.25. The van der Waals surface area contributed by atoms with Gasteiger partial charge in [-0.05, 0) is 86.8 Å². The fourth-order valence-corrected chi connectivity index (χ4v) is 6.10. The molecule has 0 unspecified atom stereocenters. The van der Waals surface area contributed by atoms with E-state index in [9.17, 15) is 8.42 Å². The lowest BCUT2D eigenvalue weighted by Gasteiger charge is -2.23. The highest BCUT2D eigenvalue weighted by Crippen LogP contribution is 2.36. The molecule has 0 bridgehead atoms. The van der Waals surface area contributed by atoms with Crippen LogP contribution < -0.4 is 20.1 Å². The number of rotatable bonds is 8. The number of benzene rings is 2. The molecule has 0 radical (unpaired) electrons. The number of anilines is 2. The molecule has 3 N–H and O–H groups in total. The Labute approximate surface area is 245 Å². The predicted molar refractivity (Wildman–Crippen MR) is 160 cm³/mol. The minimum absolute atomic E-state index is 0. The monoisotopic (exact) mass is 600 g/mol. The topological polar surface area (TPSA) is 118 Å².